The molecular formula is C27H28ClN3O5. The fourth-order valence-electron chi connectivity index (χ4n) is 3.62. The van der Waals surface area contributed by atoms with Crippen molar-refractivity contribution in [3.8, 4) is 5.75 Å². The van der Waals surface area contributed by atoms with Crippen molar-refractivity contribution in [2.24, 2.45) is 0 Å². The summed E-state index contributed by atoms with van der Waals surface area (Å²) in [6.07, 6.45) is 0.381. The van der Waals surface area contributed by atoms with E-state index in [1.807, 2.05) is 60.7 Å². The van der Waals surface area contributed by atoms with Gasteiger partial charge in [-0.2, -0.15) is 0 Å². The molecule has 3 rings (SSSR count). The first-order valence-corrected chi connectivity index (χ1v) is 11.7. The largest absolute Gasteiger partial charge is 0.507 e. The van der Waals surface area contributed by atoms with Crippen LogP contribution in [0.5, 0.6) is 5.75 Å². The normalized spacial score (nSPS) is 12.3. The van der Waals surface area contributed by atoms with E-state index >= 15 is 0 Å². The number of carbonyl (C=O) groups is 3. The molecular weight excluding hydrogens is 482 g/mol. The molecule has 0 fully saturated rings. The summed E-state index contributed by atoms with van der Waals surface area (Å²) in [4.78, 5) is 44.4. The highest BCUT2D eigenvalue weighted by Crippen LogP contribution is 2.21. The number of rotatable bonds is 10. The Balaban J connectivity index is 1.86. The molecule has 0 heterocycles. The van der Waals surface area contributed by atoms with E-state index in [1.54, 1.807) is 0 Å². The molecule has 0 aliphatic carbocycles. The van der Waals surface area contributed by atoms with Crippen molar-refractivity contribution in [2.75, 3.05) is 14.2 Å². The number of phenolic OH excluding ortho intramolecular Hbond substituents is 1. The highest BCUT2D eigenvalue weighted by molar-refractivity contribution is 6.31. The van der Waals surface area contributed by atoms with Crippen LogP contribution in [0.15, 0.2) is 78.9 Å². The summed E-state index contributed by atoms with van der Waals surface area (Å²) in [5, 5.41) is 16.9. The second kappa shape index (κ2) is 12.7. The summed E-state index contributed by atoms with van der Waals surface area (Å²) in [5.74, 6) is -1.96. The molecule has 0 aromatic heterocycles. The third-order valence-electron chi connectivity index (χ3n) is 5.59. The number of nitrogens with zero attached hydrogens (tertiary/aromatic N) is 1. The topological polar surface area (TPSA) is 108 Å². The molecule has 0 aliphatic rings. The lowest BCUT2D eigenvalue weighted by Crippen LogP contribution is -2.55. The van der Waals surface area contributed by atoms with E-state index < -0.39 is 29.8 Å². The van der Waals surface area contributed by atoms with Crippen LogP contribution in [0.25, 0.3) is 0 Å². The van der Waals surface area contributed by atoms with Crippen molar-refractivity contribution in [3.63, 3.8) is 0 Å². The zero-order chi connectivity index (χ0) is 26.1. The van der Waals surface area contributed by atoms with Crippen LogP contribution >= 0.6 is 11.6 Å². The van der Waals surface area contributed by atoms with Gasteiger partial charge in [0, 0.05) is 24.9 Å². The third-order valence-corrected chi connectivity index (χ3v) is 5.82. The first kappa shape index (κ1) is 26.7. The first-order chi connectivity index (χ1) is 17.3. The Bertz CT molecular complexity index is 1190. The van der Waals surface area contributed by atoms with Crippen molar-refractivity contribution in [1.29, 1.82) is 0 Å². The second-order valence-corrected chi connectivity index (χ2v) is 8.58. The average molecular weight is 510 g/mol. The minimum Gasteiger partial charge on any atom is -0.507 e. The van der Waals surface area contributed by atoms with E-state index in [1.165, 1.54) is 32.4 Å². The number of carbonyl (C=O) groups excluding carboxylic acids is 3. The maximum atomic E-state index is 13.5. The molecule has 0 saturated carbocycles. The molecule has 0 bridgehead atoms. The molecule has 188 valence electrons. The Labute approximate surface area is 214 Å². The van der Waals surface area contributed by atoms with Gasteiger partial charge in [-0.3, -0.25) is 19.2 Å². The van der Waals surface area contributed by atoms with Crippen molar-refractivity contribution in [1.82, 2.24) is 15.7 Å². The predicted octanol–water partition coefficient (Wildman–Crippen LogP) is 3.13. The molecule has 0 radical (unpaired) electrons. The van der Waals surface area contributed by atoms with Crippen molar-refractivity contribution < 1.29 is 24.3 Å². The zero-order valence-electron chi connectivity index (χ0n) is 20.0. The van der Waals surface area contributed by atoms with Crippen LogP contribution in [0.1, 0.15) is 21.5 Å². The van der Waals surface area contributed by atoms with Gasteiger partial charge in [0.15, 0.2) is 0 Å². The molecule has 3 aromatic carbocycles. The second-order valence-electron chi connectivity index (χ2n) is 8.15. The molecule has 0 saturated heterocycles. The van der Waals surface area contributed by atoms with Crippen LogP contribution < -0.4 is 10.6 Å². The lowest BCUT2D eigenvalue weighted by molar-refractivity contribution is -0.171. The Morgan fingerprint density at radius 3 is 2.00 bits per heavy atom. The van der Waals surface area contributed by atoms with E-state index in [2.05, 4.69) is 10.6 Å². The fraction of sp³-hybridized carbons (Fsp3) is 0.222. The smallest absolute Gasteiger partial charge is 0.268 e. The van der Waals surface area contributed by atoms with E-state index in [-0.39, 0.29) is 29.2 Å². The van der Waals surface area contributed by atoms with Gasteiger partial charge in [-0.05, 0) is 29.3 Å². The SMILES string of the molecule is CON(C)C(=O)C(Cc1ccccc1)NC(=O)[C@H](Cc1ccccc1)NC(=O)c1cc(Cl)ccc1O. The summed E-state index contributed by atoms with van der Waals surface area (Å²) in [6, 6.07) is 20.5. The van der Waals surface area contributed by atoms with E-state index in [4.69, 9.17) is 16.4 Å². The number of hydroxylamine groups is 2. The zero-order valence-corrected chi connectivity index (χ0v) is 20.7. The number of benzene rings is 3. The Morgan fingerprint density at radius 2 is 1.44 bits per heavy atom. The van der Waals surface area contributed by atoms with E-state index in [0.717, 1.165) is 16.2 Å². The highest BCUT2D eigenvalue weighted by atomic mass is 35.5. The minimum absolute atomic E-state index is 0.0654. The van der Waals surface area contributed by atoms with E-state index in [0.29, 0.717) is 0 Å². The van der Waals surface area contributed by atoms with Crippen LogP contribution in [0, 0.1) is 0 Å². The highest BCUT2D eigenvalue weighted by Gasteiger charge is 2.30. The summed E-state index contributed by atoms with van der Waals surface area (Å²) in [5.41, 5.74) is 1.57. The fourth-order valence-corrected chi connectivity index (χ4v) is 3.79. The van der Waals surface area contributed by atoms with Gasteiger partial charge >= 0.3 is 0 Å². The van der Waals surface area contributed by atoms with Gasteiger partial charge in [-0.1, -0.05) is 72.3 Å². The van der Waals surface area contributed by atoms with Crippen molar-refractivity contribution in [2.45, 2.75) is 24.9 Å². The predicted molar refractivity (Wildman–Crippen MR) is 136 cm³/mol. The van der Waals surface area contributed by atoms with Gasteiger partial charge in [0.05, 0.1) is 12.7 Å². The number of hydrogen-bond acceptors (Lipinski definition) is 5. The van der Waals surface area contributed by atoms with Crippen LogP contribution in [-0.4, -0.2) is 54.1 Å². The van der Waals surface area contributed by atoms with Gasteiger partial charge in [0.2, 0.25) is 5.91 Å². The molecule has 0 aliphatic heterocycles. The molecule has 36 heavy (non-hydrogen) atoms. The Kier molecular flexibility index (Phi) is 9.44. The summed E-state index contributed by atoms with van der Waals surface area (Å²) in [7, 11) is 2.81. The molecule has 3 amide bonds. The van der Waals surface area contributed by atoms with Crippen LogP contribution in [-0.2, 0) is 27.3 Å². The molecule has 3 N–H and O–H groups in total. The monoisotopic (exact) mass is 509 g/mol. The van der Waals surface area contributed by atoms with E-state index in [9.17, 15) is 19.5 Å². The summed E-state index contributed by atoms with van der Waals surface area (Å²) in [6.45, 7) is 0. The Morgan fingerprint density at radius 1 is 0.889 bits per heavy atom. The number of hydrogen-bond donors (Lipinski definition) is 3. The number of aromatic hydroxyl groups is 1. The van der Waals surface area contributed by atoms with Crippen LogP contribution in [0.2, 0.25) is 5.02 Å². The van der Waals surface area contributed by atoms with Crippen molar-refractivity contribution >= 4 is 29.3 Å². The molecule has 3 aromatic rings. The number of likely N-dealkylation sites (N-methyl/N-ethyl adjacent to an activating group) is 1. The first-order valence-electron chi connectivity index (χ1n) is 11.3. The lowest BCUT2D eigenvalue weighted by Gasteiger charge is -2.26. The van der Waals surface area contributed by atoms with Gasteiger partial charge in [-0.25, -0.2) is 5.06 Å². The summed E-state index contributed by atoms with van der Waals surface area (Å²) >= 11 is 5.99. The average Bonchev–Trinajstić information content (AvgIpc) is 2.89. The van der Waals surface area contributed by atoms with Gasteiger partial charge in [0.1, 0.15) is 17.8 Å². The van der Waals surface area contributed by atoms with Crippen molar-refractivity contribution in [3.05, 3.63) is 101 Å². The standard InChI is InChI=1S/C27H28ClN3O5/c1-31(36-2)27(35)23(16-19-11-7-4-8-12-19)30-26(34)22(15-18-9-5-3-6-10-18)29-25(33)21-17-20(28)13-14-24(21)32/h3-14,17,22-23,32H,15-16H2,1-2H3,(H,29,33)(H,30,34)/t22-,23?/m0/s1. The van der Waals surface area contributed by atoms with Crippen LogP contribution in [0.4, 0.5) is 0 Å². The molecule has 0 spiro atoms. The molecule has 8 nitrogen and oxygen atoms in total. The summed E-state index contributed by atoms with van der Waals surface area (Å²) < 4.78 is 0. The molecule has 9 heteroatoms. The van der Waals surface area contributed by atoms with Gasteiger partial charge < -0.3 is 15.7 Å². The maximum absolute atomic E-state index is 13.5. The molecule has 2 atom stereocenters. The quantitative estimate of drug-likeness (QED) is 0.364. The minimum atomic E-state index is -1.04. The Hall–Kier alpha value is -3.88. The lowest BCUT2D eigenvalue weighted by atomic mass is 10.0. The number of halogens is 1. The van der Waals surface area contributed by atoms with Crippen LogP contribution in [0.3, 0.4) is 0 Å². The van der Waals surface area contributed by atoms with Gasteiger partial charge in [0.25, 0.3) is 11.8 Å². The maximum Gasteiger partial charge on any atom is 0.268 e. The number of phenols is 1. The number of nitrogens with one attached hydrogen (secondary N) is 2. The number of amides is 3. The van der Waals surface area contributed by atoms with Gasteiger partial charge in [-0.15, -0.1) is 0 Å². The third kappa shape index (κ3) is 7.31. The molecule has 1 unspecified atom stereocenters.